The molecule has 21 heavy (non-hydrogen) atoms. The van der Waals surface area contributed by atoms with Crippen LogP contribution < -0.4 is 5.56 Å². The molecule has 0 spiro atoms. The zero-order valence-electron chi connectivity index (χ0n) is 11.8. The predicted molar refractivity (Wildman–Crippen MR) is 86.5 cm³/mol. The summed E-state index contributed by atoms with van der Waals surface area (Å²) in [6.07, 6.45) is 1.55. The Balaban J connectivity index is 2.19. The van der Waals surface area contributed by atoms with Crippen molar-refractivity contribution in [1.82, 2.24) is 14.5 Å². The first kappa shape index (κ1) is 13.9. The van der Waals surface area contributed by atoms with Crippen LogP contribution in [0.1, 0.15) is 17.1 Å². The molecule has 0 bridgehead atoms. The molecule has 3 rings (SSSR count). The van der Waals surface area contributed by atoms with Crippen molar-refractivity contribution in [2.45, 2.75) is 20.4 Å². The molecule has 4 nitrogen and oxygen atoms in total. The maximum Gasteiger partial charge on any atom is 0.268 e. The molecule has 0 aliphatic carbocycles. The number of para-hydroxylation sites is 1. The van der Waals surface area contributed by atoms with Crippen molar-refractivity contribution in [2.24, 2.45) is 0 Å². The van der Waals surface area contributed by atoms with Gasteiger partial charge in [0.1, 0.15) is 10.3 Å². The lowest BCUT2D eigenvalue weighted by atomic mass is 10.1. The van der Waals surface area contributed by atoms with E-state index in [1.807, 2.05) is 44.2 Å². The second kappa shape index (κ2) is 5.41. The van der Waals surface area contributed by atoms with Gasteiger partial charge in [-0.05, 0) is 47.5 Å². The van der Waals surface area contributed by atoms with Crippen LogP contribution in [0.4, 0.5) is 0 Å². The normalized spacial score (nSPS) is 11.0. The van der Waals surface area contributed by atoms with Gasteiger partial charge in [-0.1, -0.05) is 18.2 Å². The molecule has 106 valence electrons. The molecule has 0 unspecified atom stereocenters. The predicted octanol–water partition coefficient (Wildman–Crippen LogP) is 3.22. The monoisotopic (exact) mass is 343 g/mol. The van der Waals surface area contributed by atoms with Gasteiger partial charge in [0.15, 0.2) is 0 Å². The molecule has 0 aliphatic rings. The van der Waals surface area contributed by atoms with Gasteiger partial charge in [-0.3, -0.25) is 14.3 Å². The molecular formula is C16H14BrN3O. The lowest BCUT2D eigenvalue weighted by molar-refractivity contribution is 0.697. The molecule has 3 aromatic rings. The summed E-state index contributed by atoms with van der Waals surface area (Å²) in [6, 6.07) is 9.99. The van der Waals surface area contributed by atoms with Crippen LogP contribution in [0.3, 0.4) is 0 Å². The number of benzene rings is 1. The van der Waals surface area contributed by atoms with Gasteiger partial charge in [0.2, 0.25) is 0 Å². The summed E-state index contributed by atoms with van der Waals surface area (Å²) in [7, 11) is 0. The zero-order valence-corrected chi connectivity index (χ0v) is 13.4. The second-order valence-corrected chi connectivity index (χ2v) is 5.84. The molecular weight excluding hydrogens is 330 g/mol. The molecule has 0 N–H and O–H groups in total. The summed E-state index contributed by atoms with van der Waals surface area (Å²) in [6.45, 7) is 4.29. The van der Waals surface area contributed by atoms with E-state index in [0.29, 0.717) is 16.8 Å². The van der Waals surface area contributed by atoms with E-state index in [4.69, 9.17) is 0 Å². The minimum atomic E-state index is -0.0685. The summed E-state index contributed by atoms with van der Waals surface area (Å²) in [5.41, 5.74) is 2.89. The number of hydrogen-bond acceptors (Lipinski definition) is 3. The largest absolute Gasteiger partial charge is 0.291 e. The fraction of sp³-hybridized carbons (Fsp3) is 0.188. The van der Waals surface area contributed by atoms with Crippen molar-refractivity contribution in [3.63, 3.8) is 0 Å². The van der Waals surface area contributed by atoms with Crippen LogP contribution >= 0.6 is 15.9 Å². The number of fused-ring (bicyclic) bond motifs is 1. The first-order valence-corrected chi connectivity index (χ1v) is 7.43. The average molecular weight is 344 g/mol. The maximum absolute atomic E-state index is 12.3. The quantitative estimate of drug-likeness (QED) is 0.717. The third kappa shape index (κ3) is 2.61. The Morgan fingerprint density at radius 2 is 2.00 bits per heavy atom. The van der Waals surface area contributed by atoms with E-state index in [0.717, 1.165) is 22.2 Å². The average Bonchev–Trinajstić information content (AvgIpc) is 2.47. The lowest BCUT2D eigenvalue weighted by Crippen LogP contribution is -2.24. The van der Waals surface area contributed by atoms with Crippen molar-refractivity contribution < 1.29 is 0 Å². The molecule has 0 saturated carbocycles. The van der Waals surface area contributed by atoms with E-state index in [2.05, 4.69) is 25.9 Å². The highest BCUT2D eigenvalue weighted by Gasteiger charge is 2.09. The fourth-order valence-electron chi connectivity index (χ4n) is 2.43. The second-order valence-electron chi connectivity index (χ2n) is 4.98. The molecule has 0 atom stereocenters. The van der Waals surface area contributed by atoms with Crippen molar-refractivity contribution >= 4 is 26.8 Å². The smallest absolute Gasteiger partial charge is 0.268 e. The number of hydrogen-bond donors (Lipinski definition) is 0. The Hall–Kier alpha value is -2.01. The lowest BCUT2D eigenvalue weighted by Gasteiger charge is -2.12. The fourth-order valence-corrected chi connectivity index (χ4v) is 2.75. The van der Waals surface area contributed by atoms with Crippen LogP contribution in [0.5, 0.6) is 0 Å². The summed E-state index contributed by atoms with van der Waals surface area (Å²) in [4.78, 5) is 21.0. The highest BCUT2D eigenvalue weighted by Crippen LogP contribution is 2.19. The highest BCUT2D eigenvalue weighted by molar-refractivity contribution is 9.10. The summed E-state index contributed by atoms with van der Waals surface area (Å²) < 4.78 is 2.15. The van der Waals surface area contributed by atoms with Crippen LogP contribution in [-0.2, 0) is 6.54 Å². The van der Waals surface area contributed by atoms with E-state index in [1.165, 1.54) is 0 Å². The molecule has 1 aromatic carbocycles. The van der Waals surface area contributed by atoms with Gasteiger partial charge in [0, 0.05) is 17.3 Å². The molecule has 0 amide bonds. The maximum atomic E-state index is 12.3. The Morgan fingerprint density at radius 1 is 1.24 bits per heavy atom. The zero-order chi connectivity index (χ0) is 15.0. The number of rotatable bonds is 2. The summed E-state index contributed by atoms with van der Waals surface area (Å²) >= 11 is 3.25. The van der Waals surface area contributed by atoms with Crippen LogP contribution in [0.15, 0.2) is 45.8 Å². The molecule has 0 radical (unpaired) electrons. The number of pyridine rings is 1. The van der Waals surface area contributed by atoms with Gasteiger partial charge >= 0.3 is 0 Å². The van der Waals surface area contributed by atoms with Crippen molar-refractivity contribution in [3.8, 4) is 0 Å². The minimum Gasteiger partial charge on any atom is -0.291 e. The molecule has 0 aliphatic heterocycles. The summed E-state index contributed by atoms with van der Waals surface area (Å²) in [5.74, 6) is 0.696. The van der Waals surface area contributed by atoms with E-state index in [9.17, 15) is 4.79 Å². The summed E-state index contributed by atoms with van der Waals surface area (Å²) in [5, 5.41) is 1.06. The van der Waals surface area contributed by atoms with E-state index in [1.54, 1.807) is 10.8 Å². The van der Waals surface area contributed by atoms with Crippen LogP contribution in [0.2, 0.25) is 0 Å². The third-order valence-corrected chi connectivity index (χ3v) is 4.01. The van der Waals surface area contributed by atoms with Gasteiger partial charge in [-0.15, -0.1) is 0 Å². The minimum absolute atomic E-state index is 0.0685. The van der Waals surface area contributed by atoms with E-state index >= 15 is 0 Å². The number of halogens is 1. The van der Waals surface area contributed by atoms with Gasteiger partial charge in [0.25, 0.3) is 5.56 Å². The number of aryl methyl sites for hydroxylation is 2. The molecule has 2 heterocycles. The number of aromatic nitrogens is 3. The Bertz CT molecular complexity index is 886. The van der Waals surface area contributed by atoms with Crippen LogP contribution in [-0.4, -0.2) is 14.5 Å². The highest BCUT2D eigenvalue weighted by atomic mass is 79.9. The Morgan fingerprint density at radius 3 is 2.81 bits per heavy atom. The van der Waals surface area contributed by atoms with E-state index < -0.39 is 0 Å². The van der Waals surface area contributed by atoms with Crippen LogP contribution in [0.25, 0.3) is 10.9 Å². The molecule has 0 saturated heterocycles. The first-order valence-electron chi connectivity index (χ1n) is 6.63. The van der Waals surface area contributed by atoms with Crippen molar-refractivity contribution in [1.29, 1.82) is 0 Å². The Labute approximate surface area is 130 Å². The van der Waals surface area contributed by atoms with E-state index in [-0.39, 0.29) is 5.56 Å². The molecule has 2 aromatic heterocycles. The van der Waals surface area contributed by atoms with Crippen LogP contribution in [0, 0.1) is 13.8 Å². The van der Waals surface area contributed by atoms with Gasteiger partial charge in [0.05, 0.1) is 12.1 Å². The SMILES string of the molecule is Cc1cc(Cn2c(C)ncc(Br)c2=O)c2ccccc2n1. The van der Waals surface area contributed by atoms with Gasteiger partial charge < -0.3 is 0 Å². The third-order valence-electron chi connectivity index (χ3n) is 3.46. The van der Waals surface area contributed by atoms with Crippen molar-refractivity contribution in [3.05, 3.63) is 68.4 Å². The number of nitrogens with zero attached hydrogens (tertiary/aromatic N) is 3. The first-order chi connectivity index (χ1) is 10.1. The standard InChI is InChI=1S/C16H14BrN3O/c1-10-7-12(13-5-3-4-6-15(13)19-10)9-20-11(2)18-8-14(17)16(20)21/h3-8H,9H2,1-2H3. The topological polar surface area (TPSA) is 47.8 Å². The molecule has 5 heteroatoms. The van der Waals surface area contributed by atoms with Gasteiger partial charge in [-0.2, -0.15) is 0 Å². The Kier molecular flexibility index (Phi) is 3.59. The van der Waals surface area contributed by atoms with Gasteiger partial charge in [-0.25, -0.2) is 4.98 Å². The van der Waals surface area contributed by atoms with Crippen molar-refractivity contribution in [2.75, 3.05) is 0 Å². The molecule has 0 fully saturated rings.